The maximum atomic E-state index is 16.4. The van der Waals surface area contributed by atoms with E-state index >= 15 is 17.6 Å². The number of halogens is 4. The summed E-state index contributed by atoms with van der Waals surface area (Å²) in [6.45, 7) is 16.2. The van der Waals surface area contributed by atoms with Crippen LogP contribution < -0.4 is 0 Å². The quantitative estimate of drug-likeness (QED) is 0.0410. The van der Waals surface area contributed by atoms with Crippen molar-refractivity contribution in [3.05, 3.63) is 141 Å². The Balaban J connectivity index is 0.000000162. The van der Waals surface area contributed by atoms with E-state index in [1.165, 1.54) is 24.3 Å². The predicted molar refractivity (Wildman–Crippen MR) is 363 cm³/mol. The highest BCUT2D eigenvalue weighted by molar-refractivity contribution is 7.81. The molecule has 88 heavy (non-hydrogen) atoms. The van der Waals surface area contributed by atoms with E-state index in [1.54, 1.807) is 56.0 Å². The standard InChI is InChI=1S/2C36H32F2N2O2S2/c1-5-7-9-17(3)39-33(41)23-15-25(37)29-20-12-14-22-28-24(34(42)40(36(22)44)18(4)10-8-6-2)16-26(38)30(32(20)28)19-11-13-21(35(39)43)27(23)31(19)29;1-5-7-9-17(3)39-33(41)21-13-11-19-30-26(38)16-24-28-22(34(42)40(36(24)44)18(4)10-8-6-2)14-12-20(32(28)30)29-25(37)15-23(35(39)43)27(21)31(19)29/h2*11-18H,5-10H2,1-4H3/t2*17-,18-/m00/s1. The van der Waals surface area contributed by atoms with Gasteiger partial charge in [0.1, 0.15) is 43.2 Å². The molecule has 10 aromatic rings. The van der Waals surface area contributed by atoms with E-state index in [2.05, 4.69) is 27.7 Å². The molecule has 0 fully saturated rings. The van der Waals surface area contributed by atoms with Crippen molar-refractivity contribution in [1.29, 1.82) is 0 Å². The van der Waals surface area contributed by atoms with Crippen molar-refractivity contribution in [2.75, 3.05) is 0 Å². The van der Waals surface area contributed by atoms with Gasteiger partial charge < -0.3 is 0 Å². The van der Waals surface area contributed by atoms with Gasteiger partial charge in [0.15, 0.2) is 0 Å². The maximum Gasteiger partial charge on any atom is 0.259 e. The van der Waals surface area contributed by atoms with E-state index in [1.807, 2.05) is 39.8 Å². The summed E-state index contributed by atoms with van der Waals surface area (Å²) in [6.07, 6.45) is 10.8. The number of amides is 4. The lowest BCUT2D eigenvalue weighted by atomic mass is 9.81. The van der Waals surface area contributed by atoms with E-state index in [0.29, 0.717) is 118 Å². The first kappa shape index (κ1) is 59.7. The van der Waals surface area contributed by atoms with Gasteiger partial charge in [0.2, 0.25) is 0 Å². The van der Waals surface area contributed by atoms with E-state index in [4.69, 9.17) is 48.9 Å². The van der Waals surface area contributed by atoms with Gasteiger partial charge in [0, 0.05) is 122 Å². The SMILES string of the molecule is CCCC[C@H](C)N1C(=O)c2cc(F)c3c4ccc5c6c(cc(F)c(c7ccc(c2c73)C1=S)c64)C(=O)N([C@@H](C)CCCC)C5=S.CCCC[C@H](C)N1C(=O)c2ccc3c4c(F)cc5c6c(ccc(c7c(F)cc(c2c37)C1=S)c64)C(=O)N([C@@H](C)CCCC)C5=S. The number of benzene rings is 10. The van der Waals surface area contributed by atoms with Crippen LogP contribution in [0.3, 0.4) is 0 Å². The van der Waals surface area contributed by atoms with Crippen LogP contribution in [-0.4, -0.2) is 87.3 Å². The second-order valence-corrected chi connectivity index (χ2v) is 26.2. The Morgan fingerprint density at radius 3 is 0.784 bits per heavy atom. The van der Waals surface area contributed by atoms with Gasteiger partial charge in [0.25, 0.3) is 23.6 Å². The van der Waals surface area contributed by atoms with E-state index in [0.717, 1.165) is 77.0 Å². The highest BCUT2D eigenvalue weighted by Crippen LogP contribution is 2.51. The molecule has 0 bridgehead atoms. The van der Waals surface area contributed by atoms with Crippen LogP contribution in [0.2, 0.25) is 0 Å². The Kier molecular flexibility index (Phi) is 15.2. The lowest BCUT2D eigenvalue weighted by Crippen LogP contribution is -2.45. The lowest BCUT2D eigenvalue weighted by molar-refractivity contribution is 0.0798. The van der Waals surface area contributed by atoms with Gasteiger partial charge in [-0.25, -0.2) is 17.6 Å². The molecule has 0 saturated carbocycles. The molecule has 4 aliphatic rings. The fourth-order valence-electron chi connectivity index (χ4n) is 14.9. The molecule has 0 spiro atoms. The Morgan fingerprint density at radius 1 is 0.307 bits per heavy atom. The maximum absolute atomic E-state index is 16.4. The molecule has 0 saturated heterocycles. The van der Waals surface area contributed by atoms with Crippen LogP contribution in [0.4, 0.5) is 17.6 Å². The van der Waals surface area contributed by atoms with Gasteiger partial charge in [-0.1, -0.05) is 164 Å². The van der Waals surface area contributed by atoms with Crippen molar-refractivity contribution < 1.29 is 36.7 Å². The lowest BCUT2D eigenvalue weighted by Gasteiger charge is -2.36. The van der Waals surface area contributed by atoms with E-state index in [-0.39, 0.29) is 80.5 Å². The second kappa shape index (κ2) is 22.4. The van der Waals surface area contributed by atoms with Crippen molar-refractivity contribution in [2.24, 2.45) is 0 Å². The molecule has 16 heteroatoms. The molecular formula is C72H64F4N4O4S4. The molecule has 4 aliphatic heterocycles. The molecule has 4 atom stereocenters. The predicted octanol–water partition coefficient (Wildman–Crippen LogP) is 18.9. The summed E-state index contributed by atoms with van der Waals surface area (Å²) < 4.78 is 65.7. The Morgan fingerprint density at radius 2 is 0.523 bits per heavy atom. The van der Waals surface area contributed by atoms with Gasteiger partial charge in [-0.15, -0.1) is 0 Å². The van der Waals surface area contributed by atoms with Gasteiger partial charge in [0.05, 0.1) is 11.1 Å². The number of nitrogens with zero attached hydrogens (tertiary/aromatic N) is 4. The largest absolute Gasteiger partial charge is 0.296 e. The summed E-state index contributed by atoms with van der Waals surface area (Å²) in [7, 11) is 0. The zero-order chi connectivity index (χ0) is 62.4. The fraction of sp³-hybridized carbons (Fsp3) is 0.333. The number of unbranched alkanes of at least 4 members (excludes halogenated alkanes) is 4. The van der Waals surface area contributed by atoms with Crippen molar-refractivity contribution in [3.63, 3.8) is 0 Å². The minimum atomic E-state index is -0.570. The molecule has 0 unspecified atom stereocenters. The summed E-state index contributed by atoms with van der Waals surface area (Å²) in [5.41, 5.74) is 3.60. The first-order valence-electron chi connectivity index (χ1n) is 30.9. The minimum absolute atomic E-state index is 0.145. The van der Waals surface area contributed by atoms with E-state index in [9.17, 15) is 19.2 Å². The van der Waals surface area contributed by atoms with Crippen LogP contribution in [0.25, 0.3) is 86.2 Å². The number of hydrogen-bond acceptors (Lipinski definition) is 8. The number of carbonyl (C=O) groups excluding carboxylic acids is 4. The molecular weight excluding hydrogens is 1190 g/mol. The van der Waals surface area contributed by atoms with E-state index < -0.39 is 23.3 Å². The van der Waals surface area contributed by atoms with Crippen molar-refractivity contribution in [1.82, 2.24) is 19.6 Å². The number of carbonyl (C=O) groups is 4. The molecule has 14 rings (SSSR count). The molecule has 0 aromatic heterocycles. The first-order valence-corrected chi connectivity index (χ1v) is 32.6. The van der Waals surface area contributed by atoms with Crippen LogP contribution in [0, 0.1) is 23.3 Å². The summed E-state index contributed by atoms with van der Waals surface area (Å²) in [6, 6.07) is 18.9. The molecule has 448 valence electrons. The summed E-state index contributed by atoms with van der Waals surface area (Å²) in [5.74, 6) is -3.26. The number of rotatable bonds is 16. The summed E-state index contributed by atoms with van der Waals surface area (Å²) in [5, 5.41) is 7.17. The third-order valence-electron chi connectivity index (χ3n) is 19.3. The van der Waals surface area contributed by atoms with Gasteiger partial charge in [-0.3, -0.25) is 38.8 Å². The molecule has 4 heterocycles. The topological polar surface area (TPSA) is 81.2 Å². The van der Waals surface area contributed by atoms with Crippen LogP contribution in [0.1, 0.15) is 196 Å². The molecule has 8 nitrogen and oxygen atoms in total. The van der Waals surface area contributed by atoms with Gasteiger partial charge >= 0.3 is 0 Å². The highest BCUT2D eigenvalue weighted by Gasteiger charge is 2.42. The summed E-state index contributed by atoms with van der Waals surface area (Å²) >= 11 is 23.4. The molecule has 4 amide bonds. The van der Waals surface area contributed by atoms with Gasteiger partial charge in [-0.2, -0.15) is 0 Å². The Bertz CT molecular complexity index is 4210. The Hall–Kier alpha value is -7.24. The minimum Gasteiger partial charge on any atom is -0.296 e. The average Bonchev–Trinajstić information content (AvgIpc) is 0.732. The fourth-order valence-corrected chi connectivity index (χ4v) is 16.6. The van der Waals surface area contributed by atoms with Crippen LogP contribution in [-0.2, 0) is 0 Å². The smallest absolute Gasteiger partial charge is 0.259 e. The van der Waals surface area contributed by atoms with Crippen molar-refractivity contribution >= 4 is 179 Å². The molecule has 0 N–H and O–H groups in total. The Labute approximate surface area is 528 Å². The number of thiocarbonyl (C=S) groups is 4. The first-order chi connectivity index (χ1) is 42.2. The molecule has 10 aromatic carbocycles. The molecule has 0 radical (unpaired) electrons. The van der Waals surface area contributed by atoms with Gasteiger partial charge in [-0.05, 0) is 111 Å². The van der Waals surface area contributed by atoms with Crippen LogP contribution in [0.5, 0.6) is 0 Å². The van der Waals surface area contributed by atoms with Crippen LogP contribution in [0.15, 0.2) is 72.8 Å². The van der Waals surface area contributed by atoms with Crippen LogP contribution >= 0.6 is 48.9 Å². The van der Waals surface area contributed by atoms with Crippen molar-refractivity contribution in [2.45, 2.75) is 157 Å². The highest BCUT2D eigenvalue weighted by atomic mass is 32.1. The third kappa shape index (κ3) is 8.50. The summed E-state index contributed by atoms with van der Waals surface area (Å²) in [4.78, 5) is 63.4. The average molecular weight is 1250 g/mol. The third-order valence-corrected chi connectivity index (χ3v) is 20.9. The monoisotopic (exact) mass is 1250 g/mol. The second-order valence-electron chi connectivity index (χ2n) is 24.7. The number of fused-ring (bicyclic) bond motifs is 4. The van der Waals surface area contributed by atoms with Crippen molar-refractivity contribution in [3.8, 4) is 0 Å². The zero-order valence-electron chi connectivity index (χ0n) is 50.3. The normalized spacial score (nSPS) is 16.4. The molecule has 0 aliphatic carbocycles. The number of hydrogen-bond donors (Lipinski definition) is 0. The zero-order valence-corrected chi connectivity index (χ0v) is 53.6.